The predicted octanol–water partition coefficient (Wildman–Crippen LogP) is 1.71. The molecule has 94 valence electrons. The van der Waals surface area contributed by atoms with E-state index in [1.54, 1.807) is 7.11 Å². The predicted molar refractivity (Wildman–Crippen MR) is 65.4 cm³/mol. The van der Waals surface area contributed by atoms with Crippen LogP contribution < -0.4 is 15.2 Å². The fourth-order valence-electron chi connectivity index (χ4n) is 1.91. The molecule has 0 unspecified atom stereocenters. The van der Waals surface area contributed by atoms with Crippen molar-refractivity contribution in [3.8, 4) is 11.5 Å². The van der Waals surface area contributed by atoms with Crippen LogP contribution in [0.2, 0.25) is 0 Å². The fourth-order valence-corrected chi connectivity index (χ4v) is 1.91. The lowest BCUT2D eigenvalue weighted by Gasteiger charge is -2.24. The first-order valence-electron chi connectivity index (χ1n) is 5.95. The van der Waals surface area contributed by atoms with Gasteiger partial charge in [-0.3, -0.25) is 0 Å². The molecule has 1 saturated heterocycles. The van der Waals surface area contributed by atoms with Crippen molar-refractivity contribution < 1.29 is 14.2 Å². The highest BCUT2D eigenvalue weighted by Crippen LogP contribution is 2.27. The van der Waals surface area contributed by atoms with E-state index >= 15 is 0 Å². The highest BCUT2D eigenvalue weighted by Gasteiger charge is 2.17. The van der Waals surface area contributed by atoms with E-state index in [0.29, 0.717) is 6.54 Å². The monoisotopic (exact) mass is 237 g/mol. The smallest absolute Gasteiger partial charge is 0.127 e. The topological polar surface area (TPSA) is 53.7 Å². The van der Waals surface area contributed by atoms with Crippen LogP contribution in [-0.2, 0) is 11.3 Å². The minimum absolute atomic E-state index is 0.223. The molecule has 4 heteroatoms. The molecule has 2 N–H and O–H groups in total. The Kier molecular flexibility index (Phi) is 4.23. The Morgan fingerprint density at radius 1 is 1.35 bits per heavy atom. The minimum Gasteiger partial charge on any atom is -0.497 e. The minimum atomic E-state index is 0.223. The van der Waals surface area contributed by atoms with Crippen molar-refractivity contribution in [2.24, 2.45) is 5.73 Å². The summed E-state index contributed by atoms with van der Waals surface area (Å²) in [4.78, 5) is 0. The number of hydrogen-bond donors (Lipinski definition) is 1. The average molecular weight is 237 g/mol. The van der Waals surface area contributed by atoms with Gasteiger partial charge in [0.25, 0.3) is 0 Å². The molecule has 0 amide bonds. The number of benzene rings is 1. The first kappa shape index (κ1) is 12.2. The highest BCUT2D eigenvalue weighted by atomic mass is 16.5. The largest absolute Gasteiger partial charge is 0.497 e. The summed E-state index contributed by atoms with van der Waals surface area (Å²) in [5.74, 6) is 1.63. The molecule has 1 aromatic rings. The molecule has 0 atom stereocenters. The molecule has 2 rings (SSSR count). The second-order valence-corrected chi connectivity index (χ2v) is 4.11. The summed E-state index contributed by atoms with van der Waals surface area (Å²) in [6, 6.07) is 5.75. The molecule has 0 saturated carbocycles. The number of hydrogen-bond acceptors (Lipinski definition) is 4. The molecule has 1 aliphatic heterocycles. The van der Waals surface area contributed by atoms with Gasteiger partial charge >= 0.3 is 0 Å². The van der Waals surface area contributed by atoms with E-state index in [2.05, 4.69) is 0 Å². The molecular formula is C13H19NO3. The molecule has 1 fully saturated rings. The van der Waals surface area contributed by atoms with Crippen molar-refractivity contribution in [1.29, 1.82) is 0 Å². The Morgan fingerprint density at radius 2 is 2.12 bits per heavy atom. The third-order valence-corrected chi connectivity index (χ3v) is 2.96. The van der Waals surface area contributed by atoms with E-state index in [0.717, 1.165) is 43.1 Å². The second kappa shape index (κ2) is 5.89. The van der Waals surface area contributed by atoms with Crippen molar-refractivity contribution in [2.45, 2.75) is 25.5 Å². The number of methoxy groups -OCH3 is 1. The fraction of sp³-hybridized carbons (Fsp3) is 0.538. The van der Waals surface area contributed by atoms with E-state index in [9.17, 15) is 0 Å². The molecule has 0 radical (unpaired) electrons. The summed E-state index contributed by atoms with van der Waals surface area (Å²) in [6.07, 6.45) is 2.09. The summed E-state index contributed by atoms with van der Waals surface area (Å²) in [7, 11) is 1.65. The zero-order valence-electron chi connectivity index (χ0n) is 10.1. The van der Waals surface area contributed by atoms with Crippen molar-refractivity contribution in [3.05, 3.63) is 23.8 Å². The van der Waals surface area contributed by atoms with Crippen molar-refractivity contribution in [1.82, 2.24) is 0 Å². The highest BCUT2D eigenvalue weighted by molar-refractivity contribution is 5.40. The van der Waals surface area contributed by atoms with Gasteiger partial charge in [-0.15, -0.1) is 0 Å². The molecule has 1 aliphatic rings. The SMILES string of the molecule is COc1ccc(CN)c(OC2CCOCC2)c1. The lowest BCUT2D eigenvalue weighted by Crippen LogP contribution is -2.26. The Morgan fingerprint density at radius 3 is 2.76 bits per heavy atom. The number of ether oxygens (including phenoxy) is 3. The quantitative estimate of drug-likeness (QED) is 0.866. The summed E-state index contributed by atoms with van der Waals surface area (Å²) in [6.45, 7) is 2.02. The van der Waals surface area contributed by atoms with E-state index in [1.165, 1.54) is 0 Å². The van der Waals surface area contributed by atoms with Gasteiger partial charge in [0.05, 0.1) is 20.3 Å². The van der Waals surface area contributed by atoms with Gasteiger partial charge in [-0.25, -0.2) is 0 Å². The van der Waals surface area contributed by atoms with Crippen LogP contribution >= 0.6 is 0 Å². The van der Waals surface area contributed by atoms with Crippen LogP contribution in [-0.4, -0.2) is 26.4 Å². The molecule has 4 nitrogen and oxygen atoms in total. The van der Waals surface area contributed by atoms with E-state index in [4.69, 9.17) is 19.9 Å². The van der Waals surface area contributed by atoms with Crippen LogP contribution in [0.15, 0.2) is 18.2 Å². The van der Waals surface area contributed by atoms with Crippen LogP contribution in [0.3, 0.4) is 0 Å². The third-order valence-electron chi connectivity index (χ3n) is 2.96. The molecule has 1 aromatic carbocycles. The van der Waals surface area contributed by atoms with Crippen LogP contribution in [0.5, 0.6) is 11.5 Å². The Hall–Kier alpha value is -1.26. The van der Waals surface area contributed by atoms with E-state index in [1.807, 2.05) is 18.2 Å². The maximum atomic E-state index is 5.98. The molecule has 0 spiro atoms. The Bertz CT molecular complexity index is 362. The molecule has 1 heterocycles. The second-order valence-electron chi connectivity index (χ2n) is 4.11. The summed E-state index contributed by atoms with van der Waals surface area (Å²) in [5, 5.41) is 0. The van der Waals surface area contributed by atoms with Crippen LogP contribution in [0.25, 0.3) is 0 Å². The van der Waals surface area contributed by atoms with Gasteiger partial charge in [-0.05, 0) is 6.07 Å². The summed E-state index contributed by atoms with van der Waals surface area (Å²) >= 11 is 0. The molecular weight excluding hydrogens is 218 g/mol. The lowest BCUT2D eigenvalue weighted by atomic mass is 10.1. The summed E-state index contributed by atoms with van der Waals surface area (Å²) in [5.41, 5.74) is 6.71. The number of nitrogens with two attached hydrogens (primary N) is 1. The molecule has 0 aromatic heterocycles. The zero-order valence-corrected chi connectivity index (χ0v) is 10.1. The summed E-state index contributed by atoms with van der Waals surface area (Å²) < 4.78 is 16.5. The Labute approximate surface area is 102 Å². The Balaban J connectivity index is 2.11. The maximum Gasteiger partial charge on any atom is 0.127 e. The van der Waals surface area contributed by atoms with Crippen LogP contribution in [0.1, 0.15) is 18.4 Å². The van der Waals surface area contributed by atoms with Gasteiger partial charge in [0.1, 0.15) is 17.6 Å². The van der Waals surface area contributed by atoms with Gasteiger partial charge < -0.3 is 19.9 Å². The first-order valence-corrected chi connectivity index (χ1v) is 5.95. The van der Waals surface area contributed by atoms with Crippen LogP contribution in [0, 0.1) is 0 Å². The van der Waals surface area contributed by atoms with Crippen molar-refractivity contribution in [3.63, 3.8) is 0 Å². The van der Waals surface area contributed by atoms with E-state index in [-0.39, 0.29) is 6.10 Å². The normalized spacial score (nSPS) is 16.8. The van der Waals surface area contributed by atoms with Gasteiger partial charge in [0, 0.05) is 31.0 Å². The third kappa shape index (κ3) is 3.11. The average Bonchev–Trinajstić information content (AvgIpc) is 2.40. The number of rotatable bonds is 4. The van der Waals surface area contributed by atoms with Gasteiger partial charge in [-0.2, -0.15) is 0 Å². The van der Waals surface area contributed by atoms with Gasteiger partial charge in [-0.1, -0.05) is 6.07 Å². The van der Waals surface area contributed by atoms with E-state index < -0.39 is 0 Å². The van der Waals surface area contributed by atoms with Crippen LogP contribution in [0.4, 0.5) is 0 Å². The van der Waals surface area contributed by atoms with Gasteiger partial charge in [0.2, 0.25) is 0 Å². The van der Waals surface area contributed by atoms with Crippen molar-refractivity contribution in [2.75, 3.05) is 20.3 Å². The molecule has 0 bridgehead atoms. The zero-order chi connectivity index (χ0) is 12.1. The molecule has 0 aliphatic carbocycles. The maximum absolute atomic E-state index is 5.98. The lowest BCUT2D eigenvalue weighted by molar-refractivity contribution is 0.0251. The van der Waals surface area contributed by atoms with Crippen molar-refractivity contribution >= 4 is 0 Å². The molecule has 17 heavy (non-hydrogen) atoms. The standard InChI is InChI=1S/C13H19NO3/c1-15-12-3-2-10(9-14)13(8-12)17-11-4-6-16-7-5-11/h2-3,8,11H,4-7,9,14H2,1H3. The van der Waals surface area contributed by atoms with Gasteiger partial charge in [0.15, 0.2) is 0 Å². The first-order chi connectivity index (χ1) is 8.33.